The quantitative estimate of drug-likeness (QED) is 0.509. The van der Waals surface area contributed by atoms with E-state index in [0.29, 0.717) is 30.3 Å². The van der Waals surface area contributed by atoms with Crippen LogP contribution in [-0.4, -0.2) is 46.9 Å². The highest BCUT2D eigenvalue weighted by Crippen LogP contribution is 2.34. The van der Waals surface area contributed by atoms with E-state index in [1.54, 1.807) is 12.1 Å². The van der Waals surface area contributed by atoms with E-state index in [2.05, 4.69) is 5.32 Å². The lowest BCUT2D eigenvalue weighted by Crippen LogP contribution is -2.48. The second-order valence-electron chi connectivity index (χ2n) is 6.99. The first kappa shape index (κ1) is 24.8. The number of benzene rings is 2. The van der Waals surface area contributed by atoms with Crippen LogP contribution in [0.4, 0.5) is 5.69 Å². The molecule has 0 saturated carbocycles. The van der Waals surface area contributed by atoms with Gasteiger partial charge in [-0.3, -0.25) is 9.10 Å². The summed E-state index contributed by atoms with van der Waals surface area (Å²) < 4.78 is 36.9. The molecule has 170 valence electrons. The number of methoxy groups -OCH3 is 1. The fraction of sp³-hybridized carbons (Fsp3) is 0.409. The average molecular weight is 469 g/mol. The van der Waals surface area contributed by atoms with Gasteiger partial charge in [-0.15, -0.1) is 0 Å². The molecule has 0 spiro atoms. The first-order valence-corrected chi connectivity index (χ1v) is 12.2. The van der Waals surface area contributed by atoms with Crippen molar-refractivity contribution in [3.8, 4) is 11.5 Å². The number of para-hydroxylation sites is 1. The molecule has 0 heterocycles. The molecule has 7 nitrogen and oxygen atoms in total. The number of ether oxygens (including phenoxy) is 2. The summed E-state index contributed by atoms with van der Waals surface area (Å²) >= 11 is 6.06. The van der Waals surface area contributed by atoms with Gasteiger partial charge in [0.2, 0.25) is 15.9 Å². The third-order valence-corrected chi connectivity index (χ3v) is 6.12. The second kappa shape index (κ2) is 11.2. The highest BCUT2D eigenvalue weighted by Gasteiger charge is 2.31. The molecule has 2 aromatic carbocycles. The van der Waals surface area contributed by atoms with Crippen molar-refractivity contribution in [1.82, 2.24) is 5.32 Å². The van der Waals surface area contributed by atoms with Crippen LogP contribution in [-0.2, 0) is 21.2 Å². The Morgan fingerprint density at radius 1 is 1.19 bits per heavy atom. The molecule has 0 bridgehead atoms. The number of anilines is 1. The number of halogens is 1. The van der Waals surface area contributed by atoms with Crippen molar-refractivity contribution in [2.24, 2.45) is 0 Å². The third kappa shape index (κ3) is 6.77. The Hall–Kier alpha value is -2.45. The molecule has 0 aliphatic heterocycles. The summed E-state index contributed by atoms with van der Waals surface area (Å²) in [6.45, 7) is 4.44. The van der Waals surface area contributed by atoms with E-state index in [0.717, 1.165) is 28.3 Å². The van der Waals surface area contributed by atoms with Gasteiger partial charge < -0.3 is 14.8 Å². The maximum absolute atomic E-state index is 12.8. The largest absolute Gasteiger partial charge is 0.495 e. The Bertz CT molecular complexity index is 997. The highest BCUT2D eigenvalue weighted by molar-refractivity contribution is 7.92. The van der Waals surface area contributed by atoms with E-state index in [1.165, 1.54) is 20.1 Å². The number of aryl methyl sites for hydroxylation is 1. The number of sulfonamides is 1. The lowest BCUT2D eigenvalue weighted by atomic mass is 10.1. The van der Waals surface area contributed by atoms with Gasteiger partial charge in [0.05, 0.1) is 25.7 Å². The van der Waals surface area contributed by atoms with Gasteiger partial charge in [0.25, 0.3) is 0 Å². The van der Waals surface area contributed by atoms with E-state index >= 15 is 0 Å². The van der Waals surface area contributed by atoms with E-state index in [1.807, 2.05) is 31.2 Å². The number of nitrogens with one attached hydrogen (secondary N) is 1. The minimum atomic E-state index is -3.78. The van der Waals surface area contributed by atoms with Gasteiger partial charge in [0, 0.05) is 11.6 Å². The second-order valence-corrected chi connectivity index (χ2v) is 9.28. The lowest BCUT2D eigenvalue weighted by Gasteiger charge is -2.29. The van der Waals surface area contributed by atoms with Crippen molar-refractivity contribution in [1.29, 1.82) is 0 Å². The van der Waals surface area contributed by atoms with Gasteiger partial charge in [-0.2, -0.15) is 0 Å². The van der Waals surface area contributed by atoms with E-state index in [9.17, 15) is 13.2 Å². The zero-order valence-corrected chi connectivity index (χ0v) is 19.8. The number of nitrogens with zero attached hydrogens (tertiary/aromatic N) is 1. The summed E-state index contributed by atoms with van der Waals surface area (Å²) in [5.74, 6) is 0.730. The van der Waals surface area contributed by atoms with Crippen LogP contribution < -0.4 is 19.1 Å². The molecule has 0 aliphatic rings. The lowest BCUT2D eigenvalue weighted by molar-refractivity contribution is -0.121. The zero-order valence-electron chi connectivity index (χ0n) is 18.2. The van der Waals surface area contributed by atoms with Gasteiger partial charge in [-0.25, -0.2) is 8.42 Å². The summed E-state index contributed by atoms with van der Waals surface area (Å²) in [4.78, 5) is 12.8. The Kier molecular flexibility index (Phi) is 9.00. The van der Waals surface area contributed by atoms with Crippen molar-refractivity contribution in [3.63, 3.8) is 0 Å². The van der Waals surface area contributed by atoms with Crippen LogP contribution in [0.15, 0.2) is 42.5 Å². The molecule has 2 rings (SSSR count). The van der Waals surface area contributed by atoms with E-state index in [-0.39, 0.29) is 5.69 Å². The molecular formula is C22H29ClN2O5S. The minimum Gasteiger partial charge on any atom is -0.495 e. The molecule has 0 unspecified atom stereocenters. The third-order valence-electron chi connectivity index (χ3n) is 4.66. The van der Waals surface area contributed by atoms with Crippen LogP contribution >= 0.6 is 11.6 Å². The standard InChI is InChI=1S/C22H29ClN2O5S/c1-5-30-20-11-7-6-9-17(20)10-8-14-24-22(26)16(2)25(31(4,27)28)19-15-18(23)12-13-21(19)29-3/h6-7,9,11-13,15-16H,5,8,10,14H2,1-4H3,(H,24,26)/t16-/m1/s1. The zero-order chi connectivity index (χ0) is 23.0. The van der Waals surface area contributed by atoms with Crippen molar-refractivity contribution < 1.29 is 22.7 Å². The minimum absolute atomic E-state index is 0.214. The molecule has 0 aromatic heterocycles. The average Bonchev–Trinajstić information content (AvgIpc) is 2.71. The molecule has 2 aromatic rings. The Morgan fingerprint density at radius 3 is 2.55 bits per heavy atom. The molecule has 0 radical (unpaired) electrons. The number of carbonyl (C=O) groups excluding carboxylic acids is 1. The number of carbonyl (C=O) groups is 1. The molecule has 1 atom stereocenters. The van der Waals surface area contributed by atoms with Crippen molar-refractivity contribution in [2.75, 3.05) is 30.8 Å². The fourth-order valence-electron chi connectivity index (χ4n) is 3.26. The van der Waals surface area contributed by atoms with Crippen LogP contribution in [0.25, 0.3) is 0 Å². The summed E-state index contributed by atoms with van der Waals surface area (Å²) in [5.41, 5.74) is 1.28. The van der Waals surface area contributed by atoms with Crippen LogP contribution in [0.1, 0.15) is 25.8 Å². The molecule has 0 saturated heterocycles. The fourth-order valence-corrected chi connectivity index (χ4v) is 4.60. The Balaban J connectivity index is 2.07. The van der Waals surface area contributed by atoms with Gasteiger partial charge in [0.1, 0.15) is 17.5 Å². The molecule has 0 fully saturated rings. The van der Waals surface area contributed by atoms with Crippen LogP contribution in [0, 0.1) is 0 Å². The van der Waals surface area contributed by atoms with Gasteiger partial charge in [0.15, 0.2) is 0 Å². The summed E-state index contributed by atoms with van der Waals surface area (Å²) in [6, 6.07) is 11.4. The predicted molar refractivity (Wildman–Crippen MR) is 124 cm³/mol. The Labute approximate surface area is 189 Å². The number of hydrogen-bond acceptors (Lipinski definition) is 5. The maximum Gasteiger partial charge on any atom is 0.243 e. The monoisotopic (exact) mass is 468 g/mol. The molecule has 1 N–H and O–H groups in total. The molecule has 0 aliphatic carbocycles. The first-order chi connectivity index (χ1) is 14.7. The summed E-state index contributed by atoms with van der Waals surface area (Å²) in [5, 5.41) is 3.16. The van der Waals surface area contributed by atoms with Crippen LogP contribution in [0.5, 0.6) is 11.5 Å². The van der Waals surface area contributed by atoms with Crippen molar-refractivity contribution in [3.05, 3.63) is 53.1 Å². The maximum atomic E-state index is 12.8. The normalized spacial score (nSPS) is 12.2. The van der Waals surface area contributed by atoms with Gasteiger partial charge in [-0.05, 0) is 56.5 Å². The van der Waals surface area contributed by atoms with Gasteiger partial charge >= 0.3 is 0 Å². The predicted octanol–water partition coefficient (Wildman–Crippen LogP) is 3.65. The van der Waals surface area contributed by atoms with Crippen molar-refractivity contribution in [2.45, 2.75) is 32.7 Å². The van der Waals surface area contributed by atoms with E-state index < -0.39 is 22.0 Å². The summed E-state index contributed by atoms with van der Waals surface area (Å²) in [7, 11) is -2.35. The Morgan fingerprint density at radius 2 is 1.90 bits per heavy atom. The number of rotatable bonds is 11. The van der Waals surface area contributed by atoms with Crippen LogP contribution in [0.2, 0.25) is 5.02 Å². The van der Waals surface area contributed by atoms with Gasteiger partial charge in [-0.1, -0.05) is 29.8 Å². The van der Waals surface area contributed by atoms with Crippen LogP contribution in [0.3, 0.4) is 0 Å². The number of hydrogen-bond donors (Lipinski definition) is 1. The molecule has 1 amide bonds. The summed E-state index contributed by atoms with van der Waals surface area (Å²) in [6.07, 6.45) is 2.45. The first-order valence-electron chi connectivity index (χ1n) is 10.00. The smallest absolute Gasteiger partial charge is 0.243 e. The van der Waals surface area contributed by atoms with E-state index in [4.69, 9.17) is 21.1 Å². The molecule has 9 heteroatoms. The molecule has 31 heavy (non-hydrogen) atoms. The highest BCUT2D eigenvalue weighted by atomic mass is 35.5. The molecular weight excluding hydrogens is 440 g/mol. The number of amides is 1. The van der Waals surface area contributed by atoms with Crippen molar-refractivity contribution >= 4 is 33.2 Å². The topological polar surface area (TPSA) is 84.9 Å². The SMILES string of the molecule is CCOc1ccccc1CCCNC(=O)[C@@H](C)N(c1cc(Cl)ccc1OC)S(C)(=O)=O.